The van der Waals surface area contributed by atoms with Crippen molar-refractivity contribution in [1.82, 2.24) is 0 Å². The van der Waals surface area contributed by atoms with Gasteiger partial charge in [0.1, 0.15) is 23.7 Å². The van der Waals surface area contributed by atoms with Crippen LogP contribution in [0.25, 0.3) is 0 Å². The molecule has 0 fully saturated rings. The van der Waals surface area contributed by atoms with Crippen LogP contribution in [0.5, 0.6) is 11.5 Å². The summed E-state index contributed by atoms with van der Waals surface area (Å²) in [5.41, 5.74) is 2.47. The van der Waals surface area contributed by atoms with Crippen LogP contribution in [0.1, 0.15) is 64.9 Å². The molecule has 3 rings (SSSR count). The fraction of sp³-hybridized carbons (Fsp3) is 0.636. The number of benzene rings is 1. The van der Waals surface area contributed by atoms with Gasteiger partial charge in [-0.2, -0.15) is 0 Å². The molecule has 5 heteroatoms. The van der Waals surface area contributed by atoms with E-state index in [4.69, 9.17) is 13.6 Å². The van der Waals surface area contributed by atoms with E-state index in [2.05, 4.69) is 92.0 Å². The predicted octanol–water partition coefficient (Wildman–Crippen LogP) is 7.14. The van der Waals surface area contributed by atoms with E-state index in [1.165, 1.54) is 11.1 Å². The Bertz CT molecular complexity index is 704. The van der Waals surface area contributed by atoms with Gasteiger partial charge in [-0.3, -0.25) is 0 Å². The van der Waals surface area contributed by atoms with Gasteiger partial charge in [0, 0.05) is 0 Å². The van der Waals surface area contributed by atoms with Crippen LogP contribution in [0, 0.1) is 0 Å². The largest absolute Gasteiger partial charge is 0.541 e. The smallest absolute Gasteiger partial charge is 0.250 e. The molecule has 3 nitrogen and oxygen atoms in total. The van der Waals surface area contributed by atoms with Crippen molar-refractivity contribution in [1.29, 1.82) is 0 Å². The lowest BCUT2D eigenvalue weighted by atomic mass is 9.96. The first-order chi connectivity index (χ1) is 12.1. The van der Waals surface area contributed by atoms with E-state index in [0.717, 1.165) is 11.5 Å². The maximum Gasteiger partial charge on any atom is 0.250 e. The molecule has 0 unspecified atom stereocenters. The van der Waals surface area contributed by atoms with Crippen molar-refractivity contribution in [3.05, 3.63) is 35.4 Å². The van der Waals surface area contributed by atoms with Gasteiger partial charge < -0.3 is 13.6 Å². The highest BCUT2D eigenvalue weighted by atomic mass is 28.4. The lowest BCUT2D eigenvalue weighted by molar-refractivity contribution is 0.0878. The Hall–Kier alpha value is -1.05. The highest BCUT2D eigenvalue weighted by Gasteiger charge is 2.43. The van der Waals surface area contributed by atoms with Crippen LogP contribution in [-0.4, -0.2) is 16.6 Å². The van der Waals surface area contributed by atoms with E-state index in [9.17, 15) is 0 Å². The zero-order valence-electron chi connectivity index (χ0n) is 18.7. The van der Waals surface area contributed by atoms with Gasteiger partial charge in [-0.1, -0.05) is 53.7 Å². The lowest BCUT2D eigenvalue weighted by Crippen LogP contribution is -2.45. The minimum Gasteiger partial charge on any atom is -0.541 e. The molecule has 27 heavy (non-hydrogen) atoms. The van der Waals surface area contributed by atoms with E-state index in [0.29, 0.717) is 0 Å². The number of hydrogen-bond acceptors (Lipinski definition) is 3. The van der Waals surface area contributed by atoms with E-state index in [1.807, 2.05) is 0 Å². The molecule has 0 radical (unpaired) electrons. The SMILES string of the molecule is CC(C)(C)[Si](C)(C)Oc1cc2c(cc1O[Si](C)(C)C(C)(C)C)[C@H]1C=C[C@@H]2O1. The van der Waals surface area contributed by atoms with Crippen molar-refractivity contribution in [2.75, 3.05) is 0 Å². The molecule has 150 valence electrons. The normalized spacial score (nSPS) is 22.1. The highest BCUT2D eigenvalue weighted by molar-refractivity contribution is 6.75. The Morgan fingerprint density at radius 3 is 1.33 bits per heavy atom. The van der Waals surface area contributed by atoms with Crippen molar-refractivity contribution in [2.24, 2.45) is 0 Å². The first kappa shape index (κ1) is 20.7. The first-order valence-electron chi connectivity index (χ1n) is 10.0. The summed E-state index contributed by atoms with van der Waals surface area (Å²) in [5.74, 6) is 1.80. The minimum absolute atomic E-state index is 0.0636. The second kappa shape index (κ2) is 6.23. The predicted molar refractivity (Wildman–Crippen MR) is 118 cm³/mol. The molecule has 1 aromatic rings. The summed E-state index contributed by atoms with van der Waals surface area (Å²) in [4.78, 5) is 0. The average Bonchev–Trinajstić information content (AvgIpc) is 3.06. The third-order valence-corrected chi connectivity index (χ3v) is 15.5. The van der Waals surface area contributed by atoms with Gasteiger partial charge in [-0.05, 0) is 59.5 Å². The molecular weight excluding hydrogens is 368 g/mol. The fourth-order valence-electron chi connectivity index (χ4n) is 2.90. The molecule has 1 aromatic carbocycles. The maximum atomic E-state index is 6.75. The highest BCUT2D eigenvalue weighted by Crippen LogP contribution is 2.51. The summed E-state index contributed by atoms with van der Waals surface area (Å²) < 4.78 is 19.5. The van der Waals surface area contributed by atoms with E-state index in [-0.39, 0.29) is 22.3 Å². The van der Waals surface area contributed by atoms with Crippen LogP contribution in [0.2, 0.25) is 36.3 Å². The van der Waals surface area contributed by atoms with Gasteiger partial charge in [-0.25, -0.2) is 0 Å². The van der Waals surface area contributed by atoms with Crippen molar-refractivity contribution in [3.63, 3.8) is 0 Å². The summed E-state index contributed by atoms with van der Waals surface area (Å²) in [7, 11) is -3.95. The zero-order valence-corrected chi connectivity index (χ0v) is 20.7. The molecular formula is C22H36O3Si2. The molecule has 0 aliphatic carbocycles. The average molecular weight is 405 g/mol. The summed E-state index contributed by atoms with van der Waals surface area (Å²) in [6, 6.07) is 4.37. The van der Waals surface area contributed by atoms with Gasteiger partial charge >= 0.3 is 0 Å². The summed E-state index contributed by atoms with van der Waals surface area (Å²) in [6.45, 7) is 22.8. The number of rotatable bonds is 4. The third kappa shape index (κ3) is 3.66. The van der Waals surface area contributed by atoms with Crippen molar-refractivity contribution in [3.8, 4) is 11.5 Å². The Morgan fingerprint density at radius 1 is 0.704 bits per heavy atom. The molecule has 0 N–H and O–H groups in total. The van der Waals surface area contributed by atoms with E-state index in [1.54, 1.807) is 0 Å². The quantitative estimate of drug-likeness (QED) is 0.394. The van der Waals surface area contributed by atoms with Gasteiger partial charge in [0.15, 0.2) is 0 Å². The topological polar surface area (TPSA) is 27.7 Å². The number of ether oxygens (including phenoxy) is 1. The third-order valence-electron chi connectivity index (χ3n) is 6.86. The van der Waals surface area contributed by atoms with Crippen LogP contribution in [0.4, 0.5) is 0 Å². The molecule has 2 atom stereocenters. The molecule has 0 saturated carbocycles. The first-order valence-corrected chi connectivity index (χ1v) is 15.8. The minimum atomic E-state index is -1.98. The second-order valence-corrected chi connectivity index (χ2v) is 20.5. The van der Waals surface area contributed by atoms with Gasteiger partial charge in [0.25, 0.3) is 16.6 Å². The molecule has 2 aliphatic heterocycles. The van der Waals surface area contributed by atoms with Crippen molar-refractivity contribution >= 4 is 16.6 Å². The summed E-state index contributed by atoms with van der Waals surface area (Å²) in [5, 5.41) is 0.269. The number of fused-ring (bicyclic) bond motifs is 5. The molecule has 2 heterocycles. The standard InChI is InChI=1S/C22H36O3Si2/c1-21(2,3)26(7,8)24-19-13-15-16(18-12-11-17(15)23-18)14-20(19)25-27(9,10)22(4,5)6/h11-14,17-18H,1-10H3/t17-,18+. The van der Waals surface area contributed by atoms with Crippen molar-refractivity contribution in [2.45, 2.75) is 90.0 Å². The van der Waals surface area contributed by atoms with Gasteiger partial charge in [0.2, 0.25) is 0 Å². The summed E-state index contributed by atoms with van der Waals surface area (Å²) in [6.07, 6.45) is 4.43. The van der Waals surface area contributed by atoms with E-state index >= 15 is 0 Å². The van der Waals surface area contributed by atoms with Crippen LogP contribution >= 0.6 is 0 Å². The van der Waals surface area contributed by atoms with Crippen LogP contribution in [-0.2, 0) is 4.74 Å². The Kier molecular flexibility index (Phi) is 4.77. The van der Waals surface area contributed by atoms with Crippen molar-refractivity contribution < 1.29 is 13.6 Å². The summed E-state index contributed by atoms with van der Waals surface area (Å²) >= 11 is 0. The van der Waals surface area contributed by atoms with Gasteiger partial charge in [-0.15, -0.1) is 0 Å². The molecule has 2 bridgehead atoms. The lowest BCUT2D eigenvalue weighted by Gasteiger charge is -2.40. The molecule has 0 spiro atoms. The van der Waals surface area contributed by atoms with E-state index < -0.39 is 16.6 Å². The Morgan fingerprint density at radius 2 is 1.04 bits per heavy atom. The fourth-order valence-corrected chi connectivity index (χ4v) is 4.94. The van der Waals surface area contributed by atoms with Crippen LogP contribution in [0.15, 0.2) is 24.3 Å². The monoisotopic (exact) mass is 404 g/mol. The Balaban J connectivity index is 2.05. The van der Waals surface area contributed by atoms with Gasteiger partial charge in [0.05, 0.1) is 0 Å². The molecule has 2 aliphatic rings. The Labute approximate surface area is 167 Å². The second-order valence-electron chi connectivity index (χ2n) is 11.0. The van der Waals surface area contributed by atoms with Crippen LogP contribution < -0.4 is 8.85 Å². The molecule has 0 aromatic heterocycles. The molecule has 0 saturated heterocycles. The van der Waals surface area contributed by atoms with Crippen LogP contribution in [0.3, 0.4) is 0 Å². The number of hydrogen-bond donors (Lipinski definition) is 0. The maximum absolute atomic E-state index is 6.75. The molecule has 0 amide bonds. The zero-order chi connectivity index (χ0) is 20.4.